The smallest absolute Gasteiger partial charge is 0.224 e. The van der Waals surface area contributed by atoms with Gasteiger partial charge in [0, 0.05) is 35.1 Å². The van der Waals surface area contributed by atoms with E-state index in [4.69, 9.17) is 18.9 Å². The number of ether oxygens (including phenoxy) is 4. The zero-order valence-corrected chi connectivity index (χ0v) is 20.4. The van der Waals surface area contributed by atoms with Crippen molar-refractivity contribution in [1.82, 2.24) is 10.3 Å². The fourth-order valence-electron chi connectivity index (χ4n) is 4.41. The number of benzene rings is 3. The standard InChI is InChI=1S/C28H30N2O5/c1-32-24-13-12-18(14-26(24)34-3)15-27(31)30-17-22(20-9-7-11-25(33-2)28(20)35-4)21-16-29-23-10-6-5-8-19(21)23/h5-14,16,22,29H,15,17H2,1-4H3,(H,30,31). The third-order valence-electron chi connectivity index (χ3n) is 6.12. The molecule has 0 fully saturated rings. The summed E-state index contributed by atoms with van der Waals surface area (Å²) in [4.78, 5) is 16.3. The third kappa shape index (κ3) is 5.04. The highest BCUT2D eigenvalue weighted by atomic mass is 16.5. The van der Waals surface area contributed by atoms with Crippen LogP contribution in [0.4, 0.5) is 0 Å². The molecule has 0 aliphatic carbocycles. The lowest BCUT2D eigenvalue weighted by molar-refractivity contribution is -0.120. The molecule has 0 spiro atoms. The van der Waals surface area contributed by atoms with Gasteiger partial charge in [0.2, 0.25) is 5.91 Å². The second-order valence-electron chi connectivity index (χ2n) is 8.10. The summed E-state index contributed by atoms with van der Waals surface area (Å²) in [5.41, 5.74) is 3.87. The predicted octanol–water partition coefficient (Wildman–Crippen LogP) is 4.69. The molecule has 0 bridgehead atoms. The molecule has 3 aromatic carbocycles. The molecule has 2 N–H and O–H groups in total. The highest BCUT2D eigenvalue weighted by Crippen LogP contribution is 2.40. The number of amides is 1. The van der Waals surface area contributed by atoms with Gasteiger partial charge in [-0.1, -0.05) is 36.4 Å². The van der Waals surface area contributed by atoms with Crippen molar-refractivity contribution >= 4 is 16.8 Å². The van der Waals surface area contributed by atoms with Crippen molar-refractivity contribution in [2.24, 2.45) is 0 Å². The molecule has 7 heteroatoms. The number of rotatable bonds is 10. The topological polar surface area (TPSA) is 81.8 Å². The highest BCUT2D eigenvalue weighted by molar-refractivity contribution is 5.85. The maximum Gasteiger partial charge on any atom is 0.224 e. The summed E-state index contributed by atoms with van der Waals surface area (Å²) in [6, 6.07) is 19.4. The first kappa shape index (κ1) is 24.0. The molecule has 182 valence electrons. The Labute approximate surface area is 205 Å². The first-order chi connectivity index (χ1) is 17.1. The Morgan fingerprint density at radius 3 is 2.34 bits per heavy atom. The zero-order valence-electron chi connectivity index (χ0n) is 20.4. The minimum absolute atomic E-state index is 0.0936. The van der Waals surface area contributed by atoms with Crippen LogP contribution in [0.2, 0.25) is 0 Å². The lowest BCUT2D eigenvalue weighted by Crippen LogP contribution is -2.30. The van der Waals surface area contributed by atoms with Gasteiger partial charge in [-0.15, -0.1) is 0 Å². The normalized spacial score (nSPS) is 11.7. The van der Waals surface area contributed by atoms with Crippen molar-refractivity contribution in [3.05, 3.63) is 83.6 Å². The van der Waals surface area contributed by atoms with Crippen molar-refractivity contribution in [1.29, 1.82) is 0 Å². The van der Waals surface area contributed by atoms with Gasteiger partial charge in [0.25, 0.3) is 0 Å². The Kier molecular flexibility index (Phi) is 7.45. The van der Waals surface area contributed by atoms with E-state index in [1.807, 2.05) is 54.7 Å². The predicted molar refractivity (Wildman–Crippen MR) is 136 cm³/mol. The van der Waals surface area contributed by atoms with E-state index in [2.05, 4.69) is 16.4 Å². The van der Waals surface area contributed by atoms with Crippen LogP contribution in [-0.2, 0) is 11.2 Å². The SMILES string of the molecule is COc1ccc(CC(=O)NCC(c2cccc(OC)c2OC)c2c[nH]c3ccccc23)cc1OC. The molecule has 1 atom stereocenters. The molecule has 4 rings (SSSR count). The second kappa shape index (κ2) is 10.9. The van der Waals surface area contributed by atoms with Gasteiger partial charge in [-0.2, -0.15) is 0 Å². The molecule has 0 radical (unpaired) electrons. The van der Waals surface area contributed by atoms with E-state index in [1.165, 1.54) is 0 Å². The summed E-state index contributed by atoms with van der Waals surface area (Å²) in [7, 11) is 6.41. The van der Waals surface area contributed by atoms with E-state index in [9.17, 15) is 4.79 Å². The summed E-state index contributed by atoms with van der Waals surface area (Å²) in [5.74, 6) is 2.26. The van der Waals surface area contributed by atoms with Crippen LogP contribution in [-0.4, -0.2) is 45.9 Å². The molecule has 1 aromatic heterocycles. The van der Waals surface area contributed by atoms with E-state index in [0.717, 1.165) is 27.6 Å². The molecule has 0 aliphatic heterocycles. The molecule has 35 heavy (non-hydrogen) atoms. The molecule has 1 amide bonds. The Morgan fingerprint density at radius 2 is 1.60 bits per heavy atom. The van der Waals surface area contributed by atoms with Gasteiger partial charge in [-0.25, -0.2) is 0 Å². The van der Waals surface area contributed by atoms with Crippen LogP contribution in [0.5, 0.6) is 23.0 Å². The quantitative estimate of drug-likeness (QED) is 0.348. The molecule has 4 aromatic rings. The van der Waals surface area contributed by atoms with E-state index in [-0.39, 0.29) is 18.2 Å². The Morgan fingerprint density at radius 1 is 0.829 bits per heavy atom. The minimum atomic E-state index is -0.162. The molecule has 0 aliphatic rings. The fourth-order valence-corrected chi connectivity index (χ4v) is 4.41. The van der Waals surface area contributed by atoms with Crippen LogP contribution in [0, 0.1) is 0 Å². The first-order valence-corrected chi connectivity index (χ1v) is 11.3. The van der Waals surface area contributed by atoms with Crippen LogP contribution in [0.25, 0.3) is 10.9 Å². The van der Waals surface area contributed by atoms with Gasteiger partial charge >= 0.3 is 0 Å². The average Bonchev–Trinajstić information content (AvgIpc) is 3.32. The number of H-pyrrole nitrogens is 1. The first-order valence-electron chi connectivity index (χ1n) is 11.3. The number of aromatic nitrogens is 1. The molecular formula is C28H30N2O5. The Balaban J connectivity index is 1.63. The lowest BCUT2D eigenvalue weighted by Gasteiger charge is -2.22. The third-order valence-corrected chi connectivity index (χ3v) is 6.12. The van der Waals surface area contributed by atoms with Crippen molar-refractivity contribution < 1.29 is 23.7 Å². The van der Waals surface area contributed by atoms with Gasteiger partial charge < -0.3 is 29.2 Å². The molecule has 1 unspecified atom stereocenters. The monoisotopic (exact) mass is 474 g/mol. The molecule has 0 saturated heterocycles. The van der Waals surface area contributed by atoms with E-state index in [1.54, 1.807) is 34.5 Å². The largest absolute Gasteiger partial charge is 0.493 e. The second-order valence-corrected chi connectivity index (χ2v) is 8.10. The van der Waals surface area contributed by atoms with Crippen molar-refractivity contribution in [2.45, 2.75) is 12.3 Å². The van der Waals surface area contributed by atoms with Gasteiger partial charge in [0.15, 0.2) is 23.0 Å². The summed E-state index contributed by atoms with van der Waals surface area (Å²) in [6.45, 7) is 0.386. The molecule has 1 heterocycles. The minimum Gasteiger partial charge on any atom is -0.493 e. The van der Waals surface area contributed by atoms with E-state index >= 15 is 0 Å². The van der Waals surface area contributed by atoms with Gasteiger partial charge in [-0.3, -0.25) is 4.79 Å². The summed E-state index contributed by atoms with van der Waals surface area (Å²) < 4.78 is 21.9. The number of nitrogens with one attached hydrogen (secondary N) is 2. The summed E-state index contributed by atoms with van der Waals surface area (Å²) >= 11 is 0. The van der Waals surface area contributed by atoms with Gasteiger partial charge in [-0.05, 0) is 35.4 Å². The summed E-state index contributed by atoms with van der Waals surface area (Å²) in [5, 5.41) is 4.21. The Hall–Kier alpha value is -4.13. The maximum absolute atomic E-state index is 13.0. The van der Waals surface area contributed by atoms with E-state index < -0.39 is 0 Å². The molecule has 0 saturated carbocycles. The van der Waals surface area contributed by atoms with Gasteiger partial charge in [0.1, 0.15) is 0 Å². The number of carbonyl (C=O) groups excluding carboxylic acids is 1. The van der Waals surface area contributed by atoms with Crippen LogP contribution in [0.3, 0.4) is 0 Å². The number of hydrogen-bond donors (Lipinski definition) is 2. The lowest BCUT2D eigenvalue weighted by atomic mass is 9.89. The average molecular weight is 475 g/mol. The highest BCUT2D eigenvalue weighted by Gasteiger charge is 2.24. The number of fused-ring (bicyclic) bond motifs is 1. The van der Waals surface area contributed by atoms with Crippen molar-refractivity contribution in [3.63, 3.8) is 0 Å². The van der Waals surface area contributed by atoms with Crippen LogP contribution in [0.1, 0.15) is 22.6 Å². The van der Waals surface area contributed by atoms with Crippen molar-refractivity contribution in [3.8, 4) is 23.0 Å². The van der Waals surface area contributed by atoms with E-state index in [0.29, 0.717) is 29.5 Å². The fraction of sp³-hybridized carbons (Fsp3) is 0.250. The number of hydrogen-bond acceptors (Lipinski definition) is 5. The molecule has 7 nitrogen and oxygen atoms in total. The number of aromatic amines is 1. The summed E-state index contributed by atoms with van der Waals surface area (Å²) in [6.07, 6.45) is 2.21. The van der Waals surface area contributed by atoms with Crippen LogP contribution >= 0.6 is 0 Å². The Bertz CT molecular complexity index is 1310. The van der Waals surface area contributed by atoms with Crippen molar-refractivity contribution in [2.75, 3.05) is 35.0 Å². The maximum atomic E-state index is 13.0. The number of methoxy groups -OCH3 is 4. The van der Waals surface area contributed by atoms with Gasteiger partial charge in [0.05, 0.1) is 34.9 Å². The van der Waals surface area contributed by atoms with Crippen LogP contribution in [0.15, 0.2) is 66.9 Å². The molecular weight excluding hydrogens is 444 g/mol. The number of carbonyl (C=O) groups is 1. The zero-order chi connectivity index (χ0) is 24.8. The number of para-hydroxylation sites is 2. The van der Waals surface area contributed by atoms with Crippen LogP contribution < -0.4 is 24.3 Å².